The summed E-state index contributed by atoms with van der Waals surface area (Å²) >= 11 is 3.81. The van der Waals surface area contributed by atoms with Crippen LogP contribution in [0.3, 0.4) is 0 Å². The van der Waals surface area contributed by atoms with Gasteiger partial charge in [0.15, 0.2) is 0 Å². The Labute approximate surface area is 701 Å². The van der Waals surface area contributed by atoms with Gasteiger partial charge in [0.1, 0.15) is 0 Å². The molecule has 0 amide bonds. The maximum Gasteiger partial charge on any atom is 0.0547 e. The van der Waals surface area contributed by atoms with E-state index in [4.69, 9.17) is 0 Å². The summed E-state index contributed by atoms with van der Waals surface area (Å²) < 4.78 is 15.3. The summed E-state index contributed by atoms with van der Waals surface area (Å²) in [6, 6.07) is 144. The van der Waals surface area contributed by atoms with Crippen LogP contribution in [0.5, 0.6) is 0 Å². The molecule has 0 unspecified atom stereocenters. The van der Waals surface area contributed by atoms with Crippen molar-refractivity contribution in [3.63, 3.8) is 0 Å². The second-order valence-corrected chi connectivity index (χ2v) is 36.0. The molecular weight excluding hydrogens is 1490 g/mol. The number of para-hydroxylation sites is 4. The molecule has 0 atom stereocenters. The molecule has 24 aromatic rings. The van der Waals surface area contributed by atoms with E-state index in [1.165, 1.54) is 228 Å². The number of aromatic nitrogens is 4. The molecule has 564 valence electrons. The summed E-state index contributed by atoms with van der Waals surface area (Å²) in [5, 5.41) is 15.6. The lowest BCUT2D eigenvalue weighted by atomic mass is 9.80. The fourth-order valence-corrected chi connectivity index (χ4v) is 23.3. The smallest absolute Gasteiger partial charge is 0.0547 e. The van der Waals surface area contributed by atoms with Crippen LogP contribution in [0.1, 0.15) is 49.9 Å². The molecule has 6 aromatic heterocycles. The molecular formula is C114H76N4S2. The minimum atomic E-state index is -0.163. The van der Waals surface area contributed by atoms with Crippen molar-refractivity contribution < 1.29 is 0 Å². The van der Waals surface area contributed by atoms with Crippen LogP contribution in [0, 0.1) is 0 Å². The Morgan fingerprint density at radius 3 is 0.875 bits per heavy atom. The number of rotatable bonds is 8. The van der Waals surface area contributed by atoms with E-state index >= 15 is 0 Å². The van der Waals surface area contributed by atoms with E-state index in [1.54, 1.807) is 0 Å². The Balaban J connectivity index is 0.000000133. The first-order chi connectivity index (χ1) is 59.0. The molecule has 0 aliphatic heterocycles. The van der Waals surface area contributed by atoms with Crippen LogP contribution in [0.2, 0.25) is 0 Å². The number of thiophene rings is 2. The minimum absolute atomic E-state index is 0.152. The highest BCUT2D eigenvalue weighted by molar-refractivity contribution is 7.26. The summed E-state index contributed by atoms with van der Waals surface area (Å²) in [7, 11) is 0. The fourth-order valence-electron chi connectivity index (χ4n) is 21.1. The Morgan fingerprint density at radius 2 is 0.467 bits per heavy atom. The molecule has 0 N–H and O–H groups in total. The van der Waals surface area contributed by atoms with E-state index in [1.807, 2.05) is 22.7 Å². The number of benzene rings is 18. The Morgan fingerprint density at radius 1 is 0.183 bits per heavy atom. The second-order valence-electron chi connectivity index (χ2n) is 33.8. The third-order valence-electron chi connectivity index (χ3n) is 26.6. The van der Waals surface area contributed by atoms with Crippen LogP contribution in [0.4, 0.5) is 0 Å². The number of hydrogen-bond acceptors (Lipinski definition) is 2. The molecule has 0 fully saturated rings. The first kappa shape index (κ1) is 68.8. The molecule has 2 aliphatic rings. The highest BCUT2D eigenvalue weighted by Gasteiger charge is 2.40. The summed E-state index contributed by atoms with van der Waals surface area (Å²) in [6.07, 6.45) is 0. The van der Waals surface area contributed by atoms with Crippen LogP contribution in [-0.2, 0) is 10.8 Å². The number of hydrogen-bond donors (Lipinski definition) is 0. The molecule has 120 heavy (non-hydrogen) atoms. The largest absolute Gasteiger partial charge is 0.309 e. The molecule has 0 spiro atoms. The zero-order valence-electron chi connectivity index (χ0n) is 66.6. The van der Waals surface area contributed by atoms with E-state index in [0.717, 1.165) is 11.4 Å². The average Bonchev–Trinajstić information content (AvgIpc) is 1.62. The molecule has 4 nitrogen and oxygen atoms in total. The number of fused-ring (bicyclic) bond motifs is 26. The maximum atomic E-state index is 2.49. The van der Waals surface area contributed by atoms with E-state index in [0.29, 0.717) is 0 Å². The van der Waals surface area contributed by atoms with Gasteiger partial charge in [-0.05, 0) is 216 Å². The third kappa shape index (κ3) is 10.2. The first-order valence-corrected chi connectivity index (χ1v) is 43.3. The second kappa shape index (κ2) is 26.0. The highest BCUT2D eigenvalue weighted by atomic mass is 32.1. The van der Waals surface area contributed by atoms with Crippen molar-refractivity contribution in [1.82, 2.24) is 18.3 Å². The first-order valence-electron chi connectivity index (χ1n) is 41.7. The van der Waals surface area contributed by atoms with Gasteiger partial charge >= 0.3 is 0 Å². The van der Waals surface area contributed by atoms with Crippen molar-refractivity contribution in [3.8, 4) is 89.5 Å². The normalized spacial score (nSPS) is 13.3. The van der Waals surface area contributed by atoms with Gasteiger partial charge in [0.2, 0.25) is 0 Å². The molecule has 0 bridgehead atoms. The average molecular weight is 1570 g/mol. The predicted octanol–water partition coefficient (Wildman–Crippen LogP) is 31.8. The summed E-state index contributed by atoms with van der Waals surface area (Å²) in [4.78, 5) is 0. The van der Waals surface area contributed by atoms with Crippen LogP contribution in [0.15, 0.2) is 388 Å². The topological polar surface area (TPSA) is 19.7 Å². The monoisotopic (exact) mass is 1560 g/mol. The predicted molar refractivity (Wildman–Crippen MR) is 513 cm³/mol. The van der Waals surface area contributed by atoms with Gasteiger partial charge in [-0.3, -0.25) is 0 Å². The standard InChI is InChI=1S/2C57H38N2S/c1-57(2)48-34-40(26-28-41(48)45-29-31-54-55(56(45)57)46-16-8-11-19-53(46)60-54)59-50-18-10-7-15-43(50)47-32-37(23-30-51(47)59)38-22-27-44-42-14-6-9-17-49(42)58(52(44)33-38)39-24-20-36(21-25-39)35-12-4-3-5-13-35;1-57(2)48-34-40(26-29-41(48)46-30-31-54-55(56(46)57)47-16-8-11-19-53(47)60-54)59-50-18-10-7-15-43(50)45-28-23-38(33-52(45)59)37-22-27-44-42-14-6-9-17-49(42)58(51(44)32-37)39-24-20-36(21-25-39)35-12-4-3-5-13-35/h2*3-34H,1-2H3. The quantitative estimate of drug-likeness (QED) is 0.144. The lowest BCUT2D eigenvalue weighted by molar-refractivity contribution is 0.666. The van der Waals surface area contributed by atoms with Gasteiger partial charge in [-0.1, -0.05) is 289 Å². The van der Waals surface area contributed by atoms with E-state index in [2.05, 4.69) is 434 Å². The molecule has 18 aromatic carbocycles. The van der Waals surface area contributed by atoms with Crippen molar-refractivity contribution in [3.05, 3.63) is 411 Å². The molecule has 0 saturated heterocycles. The lowest BCUT2D eigenvalue weighted by Crippen LogP contribution is -2.15. The Kier molecular flexibility index (Phi) is 14.9. The van der Waals surface area contributed by atoms with Gasteiger partial charge in [0, 0.05) is 117 Å². The molecule has 0 radical (unpaired) electrons. The SMILES string of the molecule is CC1(C)c2cc(-n3c4ccccc4c4cc(-c5ccc6c7ccccc7n(-c7ccc(-c8ccccc8)cc7)c6c5)ccc43)ccc2-c2ccc3sc4ccccc4c3c21.CC1(C)c2cc(-n3c4ccccc4c4ccc(-c5ccc6c7ccccc7n(-c7ccc(-c8ccccc8)cc7)c6c5)cc43)ccc2-c2ccc3sc4ccccc4c3c21. The highest BCUT2D eigenvalue weighted by Crippen LogP contribution is 2.57. The Hall–Kier alpha value is -14.4. The third-order valence-corrected chi connectivity index (χ3v) is 28.9. The zero-order valence-corrected chi connectivity index (χ0v) is 68.2. The van der Waals surface area contributed by atoms with Crippen molar-refractivity contribution in [2.24, 2.45) is 0 Å². The van der Waals surface area contributed by atoms with Gasteiger partial charge in [0.05, 0.1) is 44.1 Å². The molecule has 6 heterocycles. The van der Waals surface area contributed by atoms with Crippen LogP contribution in [-0.4, -0.2) is 18.3 Å². The molecule has 6 heteroatoms. The molecule has 26 rings (SSSR count). The fraction of sp³-hybridized carbons (Fsp3) is 0.0526. The van der Waals surface area contributed by atoms with Crippen molar-refractivity contribution in [1.29, 1.82) is 0 Å². The van der Waals surface area contributed by atoms with Gasteiger partial charge in [-0.2, -0.15) is 0 Å². The van der Waals surface area contributed by atoms with Gasteiger partial charge in [-0.25, -0.2) is 0 Å². The summed E-state index contributed by atoms with van der Waals surface area (Å²) in [5.74, 6) is 0. The van der Waals surface area contributed by atoms with E-state index in [9.17, 15) is 0 Å². The number of nitrogens with zero attached hydrogens (tertiary/aromatic N) is 4. The van der Waals surface area contributed by atoms with Crippen molar-refractivity contribution in [2.75, 3.05) is 0 Å². The van der Waals surface area contributed by atoms with Crippen molar-refractivity contribution >= 4 is 150 Å². The van der Waals surface area contributed by atoms with Gasteiger partial charge in [0.25, 0.3) is 0 Å². The van der Waals surface area contributed by atoms with Crippen LogP contribution in [0.25, 0.3) is 217 Å². The van der Waals surface area contributed by atoms with Crippen LogP contribution >= 0.6 is 22.7 Å². The van der Waals surface area contributed by atoms with Crippen molar-refractivity contribution in [2.45, 2.75) is 38.5 Å². The van der Waals surface area contributed by atoms with Crippen LogP contribution < -0.4 is 0 Å². The Bertz CT molecular complexity index is 8440. The zero-order chi connectivity index (χ0) is 79.4. The molecule has 2 aliphatic carbocycles. The minimum Gasteiger partial charge on any atom is -0.309 e. The summed E-state index contributed by atoms with van der Waals surface area (Å²) in [5.41, 5.74) is 34.9. The molecule has 0 saturated carbocycles. The maximum absolute atomic E-state index is 2.49. The van der Waals surface area contributed by atoms with Gasteiger partial charge < -0.3 is 18.3 Å². The summed E-state index contributed by atoms with van der Waals surface area (Å²) in [6.45, 7) is 9.68. The van der Waals surface area contributed by atoms with E-state index < -0.39 is 0 Å². The van der Waals surface area contributed by atoms with Gasteiger partial charge in [-0.15, -0.1) is 22.7 Å². The van der Waals surface area contributed by atoms with E-state index in [-0.39, 0.29) is 10.8 Å². The lowest BCUT2D eigenvalue weighted by Gasteiger charge is -2.23.